The Kier molecular flexibility index (Phi) is 7.65. The van der Waals surface area contributed by atoms with Crippen LogP contribution in [-0.2, 0) is 6.42 Å². The van der Waals surface area contributed by atoms with Gasteiger partial charge < -0.3 is 5.11 Å². The standard InChI is InChI=1S/C21H21OP.BrH/c22-16-8-10-18-9-7-15-21(17-18)23(19-11-3-1-4-12-19)20-13-5-2-6-14-20;/h1-7,9,11-15,17,22H,8,10,16H2;1H. The Labute approximate surface area is 155 Å². The van der Waals surface area contributed by atoms with Crippen LogP contribution in [0.3, 0.4) is 0 Å². The summed E-state index contributed by atoms with van der Waals surface area (Å²) in [5.41, 5.74) is 1.30. The largest absolute Gasteiger partial charge is 0.396 e. The van der Waals surface area contributed by atoms with Crippen LogP contribution in [0.1, 0.15) is 12.0 Å². The summed E-state index contributed by atoms with van der Waals surface area (Å²) in [6, 6.07) is 30.3. The average molecular weight is 401 g/mol. The molecule has 24 heavy (non-hydrogen) atoms. The summed E-state index contributed by atoms with van der Waals surface area (Å²) in [5.74, 6) is 0. The van der Waals surface area contributed by atoms with Crippen LogP contribution in [0.25, 0.3) is 0 Å². The van der Waals surface area contributed by atoms with Crippen LogP contribution >= 0.6 is 24.9 Å². The summed E-state index contributed by atoms with van der Waals surface area (Å²) >= 11 is 0. The minimum Gasteiger partial charge on any atom is -0.396 e. The molecular formula is C21H22BrOP. The Morgan fingerprint density at radius 3 is 1.75 bits per heavy atom. The monoisotopic (exact) mass is 400 g/mol. The molecule has 0 spiro atoms. The molecule has 0 unspecified atom stereocenters. The molecule has 0 fully saturated rings. The molecule has 0 saturated carbocycles. The number of hydrogen-bond donors (Lipinski definition) is 1. The molecular weight excluding hydrogens is 379 g/mol. The molecule has 1 nitrogen and oxygen atoms in total. The summed E-state index contributed by atoms with van der Waals surface area (Å²) < 4.78 is 0. The molecule has 1 N–H and O–H groups in total. The third-order valence-electron chi connectivity index (χ3n) is 3.82. The summed E-state index contributed by atoms with van der Waals surface area (Å²) in [5, 5.41) is 13.2. The van der Waals surface area contributed by atoms with Crippen molar-refractivity contribution in [2.75, 3.05) is 6.61 Å². The highest BCUT2D eigenvalue weighted by Gasteiger charge is 2.16. The van der Waals surface area contributed by atoms with E-state index in [1.165, 1.54) is 21.5 Å². The molecule has 0 aliphatic carbocycles. The normalized spacial score (nSPS) is 10.4. The first-order chi connectivity index (χ1) is 11.4. The second-order valence-corrected chi connectivity index (χ2v) is 7.72. The molecule has 0 aromatic heterocycles. The minimum atomic E-state index is -0.540. The lowest BCUT2D eigenvalue weighted by molar-refractivity contribution is 0.288. The zero-order valence-electron chi connectivity index (χ0n) is 13.5. The van der Waals surface area contributed by atoms with Gasteiger partial charge in [-0.25, -0.2) is 0 Å². The summed E-state index contributed by atoms with van der Waals surface area (Å²) in [4.78, 5) is 0. The molecule has 0 bridgehead atoms. The third-order valence-corrected chi connectivity index (χ3v) is 6.24. The van der Waals surface area contributed by atoms with E-state index >= 15 is 0 Å². The Morgan fingerprint density at radius 2 is 1.21 bits per heavy atom. The van der Waals surface area contributed by atoms with E-state index in [0.29, 0.717) is 0 Å². The summed E-state index contributed by atoms with van der Waals surface area (Å²) in [6.07, 6.45) is 1.75. The number of hydrogen-bond acceptors (Lipinski definition) is 1. The SMILES string of the molecule is Br.OCCCc1cccc(P(c2ccccc2)c2ccccc2)c1. The molecule has 0 radical (unpaired) electrons. The van der Waals surface area contributed by atoms with Crippen LogP contribution < -0.4 is 15.9 Å². The lowest BCUT2D eigenvalue weighted by Crippen LogP contribution is -2.20. The van der Waals surface area contributed by atoms with Crippen LogP contribution in [0.15, 0.2) is 84.9 Å². The highest BCUT2D eigenvalue weighted by atomic mass is 79.9. The first-order valence-corrected chi connectivity index (χ1v) is 9.32. The van der Waals surface area contributed by atoms with Crippen molar-refractivity contribution in [3.8, 4) is 0 Å². The van der Waals surface area contributed by atoms with Crippen LogP contribution in [0.4, 0.5) is 0 Å². The van der Waals surface area contributed by atoms with E-state index < -0.39 is 7.92 Å². The molecule has 0 saturated heterocycles. The number of halogens is 1. The number of aliphatic hydroxyl groups excluding tert-OH is 1. The van der Waals surface area contributed by atoms with Crippen molar-refractivity contribution in [3.63, 3.8) is 0 Å². The first-order valence-electron chi connectivity index (χ1n) is 7.98. The van der Waals surface area contributed by atoms with Gasteiger partial charge in [0, 0.05) is 6.61 Å². The van der Waals surface area contributed by atoms with Gasteiger partial charge in [0.05, 0.1) is 0 Å². The summed E-state index contributed by atoms with van der Waals surface area (Å²) in [6.45, 7) is 0.246. The predicted molar refractivity (Wildman–Crippen MR) is 111 cm³/mol. The molecule has 0 heterocycles. The van der Waals surface area contributed by atoms with Crippen molar-refractivity contribution in [3.05, 3.63) is 90.5 Å². The van der Waals surface area contributed by atoms with Gasteiger partial charge >= 0.3 is 0 Å². The molecule has 0 aliphatic heterocycles. The zero-order valence-corrected chi connectivity index (χ0v) is 16.1. The average Bonchev–Trinajstić information content (AvgIpc) is 2.62. The highest BCUT2D eigenvalue weighted by molar-refractivity contribution is 8.93. The van der Waals surface area contributed by atoms with Crippen molar-refractivity contribution in [2.45, 2.75) is 12.8 Å². The fourth-order valence-electron chi connectivity index (χ4n) is 2.74. The van der Waals surface area contributed by atoms with Gasteiger partial charge in [0.15, 0.2) is 0 Å². The molecule has 3 heteroatoms. The number of benzene rings is 3. The van der Waals surface area contributed by atoms with Crippen molar-refractivity contribution >= 4 is 40.8 Å². The third kappa shape index (κ3) is 4.77. The van der Waals surface area contributed by atoms with Gasteiger partial charge in [-0.3, -0.25) is 0 Å². The van der Waals surface area contributed by atoms with E-state index in [9.17, 15) is 0 Å². The van der Waals surface area contributed by atoms with Gasteiger partial charge in [-0.05, 0) is 42.2 Å². The van der Waals surface area contributed by atoms with Crippen molar-refractivity contribution in [2.24, 2.45) is 0 Å². The Bertz CT molecular complexity index is 692. The van der Waals surface area contributed by atoms with Crippen LogP contribution in [0, 0.1) is 0 Å². The van der Waals surface area contributed by atoms with E-state index in [4.69, 9.17) is 5.11 Å². The quantitative estimate of drug-likeness (QED) is 0.621. The molecule has 0 atom stereocenters. The lowest BCUT2D eigenvalue weighted by Gasteiger charge is -2.20. The smallest absolute Gasteiger partial charge is 0.0434 e. The molecule has 3 aromatic carbocycles. The van der Waals surface area contributed by atoms with Gasteiger partial charge in [0.25, 0.3) is 0 Å². The summed E-state index contributed by atoms with van der Waals surface area (Å²) in [7, 11) is -0.540. The predicted octanol–water partition coefficient (Wildman–Crippen LogP) is 3.95. The first kappa shape index (κ1) is 18.9. The fourth-order valence-corrected chi connectivity index (χ4v) is 5.10. The van der Waals surface area contributed by atoms with Crippen molar-refractivity contribution in [1.82, 2.24) is 0 Å². The molecule has 3 aromatic rings. The Balaban J connectivity index is 0.00000208. The maximum atomic E-state index is 9.07. The maximum absolute atomic E-state index is 9.07. The van der Waals surface area contributed by atoms with Gasteiger partial charge in [0.1, 0.15) is 0 Å². The van der Waals surface area contributed by atoms with Gasteiger partial charge in [-0.1, -0.05) is 84.9 Å². The highest BCUT2D eigenvalue weighted by Crippen LogP contribution is 2.32. The van der Waals surface area contributed by atoms with E-state index in [0.717, 1.165) is 12.8 Å². The van der Waals surface area contributed by atoms with Crippen molar-refractivity contribution < 1.29 is 5.11 Å². The van der Waals surface area contributed by atoms with Gasteiger partial charge in [-0.15, -0.1) is 17.0 Å². The number of rotatable bonds is 6. The second-order valence-electron chi connectivity index (χ2n) is 5.50. The van der Waals surface area contributed by atoms with Crippen molar-refractivity contribution in [1.29, 1.82) is 0 Å². The maximum Gasteiger partial charge on any atom is 0.0434 e. The van der Waals surface area contributed by atoms with Gasteiger partial charge in [-0.2, -0.15) is 0 Å². The van der Waals surface area contributed by atoms with Gasteiger partial charge in [0.2, 0.25) is 0 Å². The van der Waals surface area contributed by atoms with E-state index in [1.54, 1.807) is 0 Å². The van der Waals surface area contributed by atoms with Crippen LogP contribution in [0.2, 0.25) is 0 Å². The molecule has 124 valence electrons. The number of aryl methyl sites for hydroxylation is 1. The molecule has 0 aliphatic rings. The molecule has 0 amide bonds. The van der Waals surface area contributed by atoms with Crippen LogP contribution in [0.5, 0.6) is 0 Å². The van der Waals surface area contributed by atoms with E-state index in [2.05, 4.69) is 84.9 Å². The van der Waals surface area contributed by atoms with E-state index in [-0.39, 0.29) is 23.6 Å². The van der Waals surface area contributed by atoms with E-state index in [1.807, 2.05) is 0 Å². The fraction of sp³-hybridized carbons (Fsp3) is 0.143. The Hall–Kier alpha value is -1.47. The lowest BCUT2D eigenvalue weighted by atomic mass is 10.1. The molecule has 3 rings (SSSR count). The Morgan fingerprint density at radius 1 is 0.667 bits per heavy atom. The van der Waals surface area contributed by atoms with Crippen LogP contribution in [-0.4, -0.2) is 11.7 Å². The minimum absolute atomic E-state index is 0. The topological polar surface area (TPSA) is 20.2 Å². The number of aliphatic hydroxyl groups is 1. The zero-order chi connectivity index (χ0) is 15.9. The second kappa shape index (κ2) is 9.74.